The van der Waals surface area contributed by atoms with Gasteiger partial charge in [0.15, 0.2) is 9.84 Å². The van der Waals surface area contributed by atoms with Gasteiger partial charge < -0.3 is 9.26 Å². The molecular weight excluding hydrogens is 320 g/mol. The minimum Gasteiger partial charge on any atom is -0.465 e. The fourth-order valence-corrected chi connectivity index (χ4v) is 4.47. The number of ether oxygens (including phenoxy) is 1. The lowest BCUT2D eigenvalue weighted by molar-refractivity contribution is 0.0600. The number of rotatable bonds is 4. The van der Waals surface area contributed by atoms with Gasteiger partial charge in [0.2, 0.25) is 11.7 Å². The summed E-state index contributed by atoms with van der Waals surface area (Å²) in [5.41, 5.74) is 1.16. The second kappa shape index (κ2) is 6.11. The van der Waals surface area contributed by atoms with Gasteiger partial charge in [-0.05, 0) is 24.5 Å². The molecule has 0 aliphatic carbocycles. The second-order valence-corrected chi connectivity index (χ2v) is 7.78. The van der Waals surface area contributed by atoms with Gasteiger partial charge in [-0.2, -0.15) is 4.98 Å². The lowest BCUT2D eigenvalue weighted by atomic mass is 10.1. The molecule has 3 rings (SSSR count). The van der Waals surface area contributed by atoms with Crippen molar-refractivity contribution in [1.29, 1.82) is 0 Å². The summed E-state index contributed by atoms with van der Waals surface area (Å²) in [4.78, 5) is 15.7. The Hall–Kier alpha value is -2.22. The number of hydrogen-bond acceptors (Lipinski definition) is 7. The Kier molecular flexibility index (Phi) is 4.16. The first-order valence-corrected chi connectivity index (χ1v) is 9.01. The van der Waals surface area contributed by atoms with Gasteiger partial charge in [0.25, 0.3) is 0 Å². The molecule has 23 heavy (non-hydrogen) atoms. The van der Waals surface area contributed by atoms with E-state index in [0.717, 1.165) is 0 Å². The molecule has 7 nitrogen and oxygen atoms in total. The maximum Gasteiger partial charge on any atom is 0.337 e. The van der Waals surface area contributed by atoms with Crippen LogP contribution in [0.1, 0.15) is 22.7 Å². The summed E-state index contributed by atoms with van der Waals surface area (Å²) in [6, 6.07) is 6.67. The van der Waals surface area contributed by atoms with Crippen molar-refractivity contribution in [2.45, 2.75) is 12.8 Å². The van der Waals surface area contributed by atoms with Gasteiger partial charge in [0, 0.05) is 12.0 Å². The van der Waals surface area contributed by atoms with Crippen LogP contribution in [0.15, 0.2) is 28.8 Å². The predicted molar refractivity (Wildman–Crippen MR) is 81.5 cm³/mol. The molecule has 1 aliphatic heterocycles. The van der Waals surface area contributed by atoms with E-state index in [9.17, 15) is 13.2 Å². The van der Waals surface area contributed by atoms with Crippen LogP contribution in [-0.2, 0) is 21.0 Å². The second-order valence-electron chi connectivity index (χ2n) is 5.55. The summed E-state index contributed by atoms with van der Waals surface area (Å²) >= 11 is 0. The molecule has 0 bridgehead atoms. The molecule has 1 saturated heterocycles. The van der Waals surface area contributed by atoms with Gasteiger partial charge in [-0.15, -0.1) is 0 Å². The van der Waals surface area contributed by atoms with Crippen LogP contribution in [0.4, 0.5) is 0 Å². The molecule has 0 amide bonds. The molecule has 0 spiro atoms. The minimum absolute atomic E-state index is 0.0370. The number of esters is 1. The van der Waals surface area contributed by atoms with Crippen LogP contribution in [0.2, 0.25) is 0 Å². The number of sulfone groups is 1. The highest BCUT2D eigenvalue weighted by atomic mass is 32.2. The fraction of sp³-hybridized carbons (Fsp3) is 0.400. The Labute approximate surface area is 133 Å². The van der Waals surface area contributed by atoms with E-state index in [1.165, 1.54) is 7.11 Å². The molecule has 122 valence electrons. The number of carbonyl (C=O) groups is 1. The normalized spacial score (nSPS) is 19.6. The third-order valence-electron chi connectivity index (χ3n) is 3.82. The van der Waals surface area contributed by atoms with Crippen LogP contribution in [0.5, 0.6) is 0 Å². The van der Waals surface area contributed by atoms with Gasteiger partial charge in [-0.1, -0.05) is 17.3 Å². The number of benzene rings is 1. The van der Waals surface area contributed by atoms with Crippen molar-refractivity contribution in [1.82, 2.24) is 10.1 Å². The molecule has 1 fully saturated rings. The SMILES string of the molecule is COC(=O)c1ccc(-c2noc(C[C@@H]3CCS(=O)(=O)C3)n2)cc1. The lowest BCUT2D eigenvalue weighted by Gasteiger charge is -2.01. The number of nitrogens with zero attached hydrogens (tertiary/aromatic N) is 2. The summed E-state index contributed by atoms with van der Waals surface area (Å²) in [5.74, 6) is 0.880. The van der Waals surface area contributed by atoms with E-state index in [1.807, 2.05) is 0 Å². The van der Waals surface area contributed by atoms with Crippen LogP contribution in [0.25, 0.3) is 11.4 Å². The van der Waals surface area contributed by atoms with Crippen molar-refractivity contribution < 1.29 is 22.5 Å². The van der Waals surface area contributed by atoms with Crippen LogP contribution in [0.3, 0.4) is 0 Å². The fourth-order valence-electron chi connectivity index (χ4n) is 2.61. The molecule has 1 atom stereocenters. The zero-order chi connectivity index (χ0) is 16.4. The van der Waals surface area contributed by atoms with E-state index in [4.69, 9.17) is 4.52 Å². The van der Waals surface area contributed by atoms with Crippen LogP contribution < -0.4 is 0 Å². The van der Waals surface area contributed by atoms with E-state index in [0.29, 0.717) is 35.7 Å². The van der Waals surface area contributed by atoms with Crippen LogP contribution in [-0.4, -0.2) is 43.1 Å². The van der Waals surface area contributed by atoms with Gasteiger partial charge in [0.1, 0.15) is 0 Å². The van der Waals surface area contributed by atoms with Crippen LogP contribution >= 0.6 is 0 Å². The first-order valence-electron chi connectivity index (χ1n) is 7.18. The summed E-state index contributed by atoms with van der Waals surface area (Å²) in [6.45, 7) is 0. The molecule has 1 aliphatic rings. The Morgan fingerprint density at radius 1 is 1.35 bits per heavy atom. The molecule has 2 heterocycles. The van der Waals surface area contributed by atoms with Crippen LogP contribution in [0, 0.1) is 5.92 Å². The van der Waals surface area contributed by atoms with E-state index in [-0.39, 0.29) is 17.4 Å². The average Bonchev–Trinajstić information content (AvgIpc) is 3.13. The van der Waals surface area contributed by atoms with E-state index < -0.39 is 15.8 Å². The number of hydrogen-bond donors (Lipinski definition) is 0. The van der Waals surface area contributed by atoms with E-state index in [1.54, 1.807) is 24.3 Å². The Bertz CT molecular complexity index is 811. The highest BCUT2D eigenvalue weighted by molar-refractivity contribution is 7.91. The molecule has 1 aromatic heterocycles. The molecule has 0 saturated carbocycles. The van der Waals surface area contributed by atoms with Gasteiger partial charge in [-0.25, -0.2) is 13.2 Å². The quantitative estimate of drug-likeness (QED) is 0.780. The summed E-state index contributed by atoms with van der Waals surface area (Å²) in [5, 5.41) is 3.91. The monoisotopic (exact) mass is 336 g/mol. The highest BCUT2D eigenvalue weighted by Gasteiger charge is 2.29. The first kappa shape index (κ1) is 15.7. The molecular formula is C15H16N2O5S. The molecule has 0 radical (unpaired) electrons. The predicted octanol–water partition coefficient (Wildman–Crippen LogP) is 1.50. The van der Waals surface area contributed by atoms with Gasteiger partial charge >= 0.3 is 5.97 Å². The first-order chi connectivity index (χ1) is 11.0. The minimum atomic E-state index is -2.91. The van der Waals surface area contributed by atoms with E-state index >= 15 is 0 Å². The lowest BCUT2D eigenvalue weighted by Crippen LogP contribution is -2.07. The van der Waals surface area contributed by atoms with Crippen molar-refractivity contribution in [3.8, 4) is 11.4 Å². The smallest absolute Gasteiger partial charge is 0.337 e. The largest absolute Gasteiger partial charge is 0.465 e. The average molecular weight is 336 g/mol. The number of methoxy groups -OCH3 is 1. The Morgan fingerprint density at radius 3 is 2.70 bits per heavy atom. The Balaban J connectivity index is 1.70. The zero-order valence-corrected chi connectivity index (χ0v) is 13.4. The van der Waals surface area contributed by atoms with Crippen molar-refractivity contribution in [2.24, 2.45) is 5.92 Å². The number of carbonyl (C=O) groups excluding carboxylic acids is 1. The standard InChI is InChI=1S/C15H16N2O5S/c1-21-15(18)12-4-2-11(3-5-12)14-16-13(22-17-14)8-10-6-7-23(19,20)9-10/h2-5,10H,6-9H2,1H3/t10-/m0/s1. The van der Waals surface area contributed by atoms with Crippen molar-refractivity contribution in [3.05, 3.63) is 35.7 Å². The van der Waals surface area contributed by atoms with E-state index in [2.05, 4.69) is 14.9 Å². The van der Waals surface area contributed by atoms with Crippen molar-refractivity contribution in [3.63, 3.8) is 0 Å². The molecule has 0 N–H and O–H groups in total. The summed E-state index contributed by atoms with van der Waals surface area (Å²) in [7, 11) is -1.59. The molecule has 1 aromatic carbocycles. The summed E-state index contributed by atoms with van der Waals surface area (Å²) in [6.07, 6.45) is 1.10. The molecule has 8 heteroatoms. The number of aromatic nitrogens is 2. The molecule has 0 unspecified atom stereocenters. The third-order valence-corrected chi connectivity index (χ3v) is 5.66. The van der Waals surface area contributed by atoms with Crippen molar-refractivity contribution >= 4 is 15.8 Å². The summed E-state index contributed by atoms with van der Waals surface area (Å²) < 4.78 is 32.8. The topological polar surface area (TPSA) is 99.4 Å². The van der Waals surface area contributed by atoms with Gasteiger partial charge in [-0.3, -0.25) is 0 Å². The maximum absolute atomic E-state index is 11.5. The zero-order valence-electron chi connectivity index (χ0n) is 12.6. The Morgan fingerprint density at radius 2 is 2.09 bits per heavy atom. The van der Waals surface area contributed by atoms with Crippen molar-refractivity contribution in [2.75, 3.05) is 18.6 Å². The van der Waals surface area contributed by atoms with Gasteiger partial charge in [0.05, 0.1) is 24.2 Å². The third kappa shape index (κ3) is 3.58. The highest BCUT2D eigenvalue weighted by Crippen LogP contribution is 2.23. The molecule has 2 aromatic rings. The maximum atomic E-state index is 11.5.